The van der Waals surface area contributed by atoms with Crippen LogP contribution in [0, 0.1) is 5.92 Å². The number of likely N-dealkylation sites (tertiary alicyclic amines) is 1. The van der Waals surface area contributed by atoms with Gasteiger partial charge in [-0.2, -0.15) is 0 Å². The van der Waals surface area contributed by atoms with Gasteiger partial charge in [0.1, 0.15) is 0 Å². The second-order valence-electron chi connectivity index (χ2n) is 4.89. The first kappa shape index (κ1) is 11.6. The first-order valence-corrected chi connectivity index (χ1v) is 6.15. The predicted molar refractivity (Wildman–Crippen MR) is 65.1 cm³/mol. The Bertz CT molecular complexity index is 288. The minimum Gasteiger partial charge on any atom is -0.347 e. The predicted octanol–water partition coefficient (Wildman–Crippen LogP) is 1.23. The fraction of sp³-hybridized carbons (Fsp3) is 0.750. The van der Waals surface area contributed by atoms with Crippen molar-refractivity contribution in [1.82, 2.24) is 20.2 Å². The topological polar surface area (TPSA) is 44.0 Å². The van der Waals surface area contributed by atoms with E-state index < -0.39 is 0 Å². The summed E-state index contributed by atoms with van der Waals surface area (Å²) in [5.41, 5.74) is 1.17. The maximum absolute atomic E-state index is 4.02. The molecule has 0 bridgehead atoms. The molecule has 4 nitrogen and oxygen atoms in total. The molecule has 2 N–H and O–H groups in total. The van der Waals surface area contributed by atoms with Crippen molar-refractivity contribution in [3.8, 4) is 0 Å². The Balaban J connectivity index is 1.73. The molecule has 0 aromatic carbocycles. The van der Waals surface area contributed by atoms with E-state index in [-0.39, 0.29) is 0 Å². The molecule has 1 fully saturated rings. The van der Waals surface area contributed by atoms with Gasteiger partial charge >= 0.3 is 0 Å². The average Bonchev–Trinajstić information content (AvgIpc) is 2.80. The van der Waals surface area contributed by atoms with Crippen LogP contribution in [-0.4, -0.2) is 41.0 Å². The zero-order chi connectivity index (χ0) is 11.4. The lowest BCUT2D eigenvalue weighted by atomic mass is 9.90. The van der Waals surface area contributed by atoms with E-state index >= 15 is 0 Å². The second kappa shape index (κ2) is 5.46. The van der Waals surface area contributed by atoms with Crippen LogP contribution in [0.4, 0.5) is 0 Å². The van der Waals surface area contributed by atoms with Crippen LogP contribution in [0.2, 0.25) is 0 Å². The highest BCUT2D eigenvalue weighted by Gasteiger charge is 2.21. The summed E-state index contributed by atoms with van der Waals surface area (Å²) in [4.78, 5) is 9.56. The normalized spacial score (nSPS) is 21.1. The Hall–Kier alpha value is -0.870. The third kappa shape index (κ3) is 3.06. The van der Waals surface area contributed by atoms with Crippen molar-refractivity contribution in [3.63, 3.8) is 0 Å². The number of H-pyrrole nitrogens is 1. The molecule has 1 aliphatic heterocycles. The van der Waals surface area contributed by atoms with Gasteiger partial charge in [-0.05, 0) is 45.8 Å². The highest BCUT2D eigenvalue weighted by Crippen LogP contribution is 2.19. The van der Waals surface area contributed by atoms with Gasteiger partial charge in [0, 0.05) is 24.5 Å². The Morgan fingerprint density at radius 2 is 2.31 bits per heavy atom. The Kier molecular flexibility index (Phi) is 3.96. The van der Waals surface area contributed by atoms with Crippen LogP contribution in [0.15, 0.2) is 12.5 Å². The molecule has 1 atom stereocenters. The van der Waals surface area contributed by atoms with Crippen molar-refractivity contribution in [2.45, 2.75) is 32.4 Å². The second-order valence-corrected chi connectivity index (χ2v) is 4.89. The number of aromatic amines is 1. The van der Waals surface area contributed by atoms with Gasteiger partial charge in [-0.1, -0.05) is 0 Å². The zero-order valence-corrected chi connectivity index (χ0v) is 10.2. The van der Waals surface area contributed by atoms with Crippen LogP contribution in [0.5, 0.6) is 0 Å². The largest absolute Gasteiger partial charge is 0.347 e. The van der Waals surface area contributed by atoms with Crippen LogP contribution in [-0.2, 0) is 6.54 Å². The fourth-order valence-corrected chi connectivity index (χ4v) is 2.35. The summed E-state index contributed by atoms with van der Waals surface area (Å²) in [5, 5.41) is 3.58. The minimum atomic E-state index is 0.594. The van der Waals surface area contributed by atoms with Gasteiger partial charge in [-0.3, -0.25) is 0 Å². The molecule has 1 aromatic heterocycles. The van der Waals surface area contributed by atoms with Crippen molar-refractivity contribution in [2.75, 3.05) is 20.1 Å². The molecule has 1 aromatic rings. The van der Waals surface area contributed by atoms with Gasteiger partial charge in [-0.25, -0.2) is 4.98 Å². The molecular formula is C12H22N4. The Labute approximate surface area is 97.4 Å². The standard InChI is InChI=1S/C12H22N4/c1-10(11-3-5-16(2)6-4-11)14-8-12-7-13-9-15-12/h7,9-11,14H,3-6,8H2,1-2H3,(H,13,15). The summed E-state index contributed by atoms with van der Waals surface area (Å²) in [5.74, 6) is 0.819. The van der Waals surface area contributed by atoms with Crippen molar-refractivity contribution in [1.29, 1.82) is 0 Å². The number of hydrogen-bond donors (Lipinski definition) is 2. The van der Waals surface area contributed by atoms with E-state index in [1.54, 1.807) is 6.33 Å². The monoisotopic (exact) mass is 222 g/mol. The summed E-state index contributed by atoms with van der Waals surface area (Å²) in [6, 6.07) is 0.594. The van der Waals surface area contributed by atoms with Crippen molar-refractivity contribution in [2.24, 2.45) is 5.92 Å². The van der Waals surface area contributed by atoms with E-state index in [4.69, 9.17) is 0 Å². The molecule has 1 aliphatic rings. The van der Waals surface area contributed by atoms with Crippen LogP contribution in [0.3, 0.4) is 0 Å². The van der Waals surface area contributed by atoms with E-state index in [2.05, 4.69) is 34.2 Å². The fourth-order valence-electron chi connectivity index (χ4n) is 2.35. The average molecular weight is 222 g/mol. The number of rotatable bonds is 4. The minimum absolute atomic E-state index is 0.594. The van der Waals surface area contributed by atoms with Gasteiger partial charge < -0.3 is 15.2 Å². The Morgan fingerprint density at radius 3 is 2.94 bits per heavy atom. The number of piperidine rings is 1. The number of imidazole rings is 1. The molecule has 2 heterocycles. The van der Waals surface area contributed by atoms with Crippen molar-refractivity contribution < 1.29 is 0 Å². The van der Waals surface area contributed by atoms with E-state index in [1.807, 2.05) is 6.20 Å². The first-order valence-electron chi connectivity index (χ1n) is 6.15. The third-order valence-electron chi connectivity index (χ3n) is 3.64. The van der Waals surface area contributed by atoms with Crippen LogP contribution in [0.25, 0.3) is 0 Å². The Morgan fingerprint density at radius 1 is 1.56 bits per heavy atom. The van der Waals surface area contributed by atoms with E-state index in [1.165, 1.54) is 31.6 Å². The quantitative estimate of drug-likeness (QED) is 0.805. The van der Waals surface area contributed by atoms with Crippen LogP contribution >= 0.6 is 0 Å². The highest BCUT2D eigenvalue weighted by atomic mass is 15.1. The molecule has 16 heavy (non-hydrogen) atoms. The smallest absolute Gasteiger partial charge is 0.0922 e. The van der Waals surface area contributed by atoms with E-state index in [9.17, 15) is 0 Å². The number of nitrogens with one attached hydrogen (secondary N) is 2. The van der Waals surface area contributed by atoms with Gasteiger partial charge in [0.15, 0.2) is 0 Å². The van der Waals surface area contributed by atoms with Crippen molar-refractivity contribution >= 4 is 0 Å². The highest BCUT2D eigenvalue weighted by molar-refractivity contribution is 4.94. The molecule has 90 valence electrons. The number of nitrogens with zero attached hydrogens (tertiary/aromatic N) is 2. The van der Waals surface area contributed by atoms with E-state index in [0.29, 0.717) is 6.04 Å². The van der Waals surface area contributed by atoms with Crippen LogP contribution < -0.4 is 5.32 Å². The summed E-state index contributed by atoms with van der Waals surface area (Å²) < 4.78 is 0. The van der Waals surface area contributed by atoms with Crippen molar-refractivity contribution in [3.05, 3.63) is 18.2 Å². The van der Waals surface area contributed by atoms with Crippen LogP contribution in [0.1, 0.15) is 25.5 Å². The van der Waals surface area contributed by atoms with Gasteiger partial charge in [0.25, 0.3) is 0 Å². The number of hydrogen-bond acceptors (Lipinski definition) is 3. The lowest BCUT2D eigenvalue weighted by molar-refractivity contribution is 0.189. The molecule has 2 rings (SSSR count). The molecule has 0 amide bonds. The number of aromatic nitrogens is 2. The zero-order valence-electron chi connectivity index (χ0n) is 10.2. The summed E-state index contributed by atoms with van der Waals surface area (Å²) >= 11 is 0. The van der Waals surface area contributed by atoms with Gasteiger partial charge in [-0.15, -0.1) is 0 Å². The van der Waals surface area contributed by atoms with Gasteiger partial charge in [0.2, 0.25) is 0 Å². The molecule has 4 heteroatoms. The molecule has 0 saturated carbocycles. The third-order valence-corrected chi connectivity index (χ3v) is 3.64. The molecule has 0 radical (unpaired) electrons. The summed E-state index contributed by atoms with van der Waals surface area (Å²) in [6.45, 7) is 5.67. The maximum atomic E-state index is 4.02. The van der Waals surface area contributed by atoms with Gasteiger partial charge in [0.05, 0.1) is 6.33 Å². The SMILES string of the molecule is CC(NCc1cnc[nH]1)C1CCN(C)CC1. The molecule has 0 aliphatic carbocycles. The maximum Gasteiger partial charge on any atom is 0.0922 e. The van der Waals surface area contributed by atoms with E-state index in [0.717, 1.165) is 12.5 Å². The molecule has 1 unspecified atom stereocenters. The molecule has 1 saturated heterocycles. The molecule has 0 spiro atoms. The first-order chi connectivity index (χ1) is 7.75. The summed E-state index contributed by atoms with van der Waals surface area (Å²) in [7, 11) is 2.21. The summed E-state index contributed by atoms with van der Waals surface area (Å²) in [6.07, 6.45) is 6.24. The lowest BCUT2D eigenvalue weighted by Crippen LogP contribution is -2.40. The molecular weight excluding hydrogens is 200 g/mol. The lowest BCUT2D eigenvalue weighted by Gasteiger charge is -2.33.